The fourth-order valence-electron chi connectivity index (χ4n) is 1.98. The summed E-state index contributed by atoms with van der Waals surface area (Å²) in [6.07, 6.45) is 0. The highest BCUT2D eigenvalue weighted by Gasteiger charge is 2.17. The number of aromatic nitrogens is 2. The van der Waals surface area contributed by atoms with Gasteiger partial charge in [0.05, 0.1) is 0 Å². The molecule has 2 aromatic rings. The Balaban J connectivity index is 2.36. The highest BCUT2D eigenvalue weighted by Crippen LogP contribution is 2.15. The second-order valence-electron chi connectivity index (χ2n) is 4.26. The largest absolute Gasteiger partial charge is 0.307 e. The molecule has 1 aromatic carbocycles. The molecule has 0 saturated heterocycles. The Morgan fingerprint density at radius 3 is 2.45 bits per heavy atom. The van der Waals surface area contributed by atoms with Crippen LogP contribution in [0.2, 0.25) is 0 Å². The second kappa shape index (κ2) is 6.14. The molecule has 2 rings (SSSR count). The van der Waals surface area contributed by atoms with E-state index in [0.717, 1.165) is 5.69 Å². The molecular formula is C15H17N3O2. The number of amides is 1. The normalized spacial score (nSPS) is 10.3. The molecule has 0 saturated carbocycles. The second-order valence-corrected chi connectivity index (χ2v) is 4.26. The van der Waals surface area contributed by atoms with Gasteiger partial charge in [-0.05, 0) is 32.0 Å². The Morgan fingerprint density at radius 2 is 1.85 bits per heavy atom. The molecule has 0 fully saturated rings. The molecule has 5 heteroatoms. The van der Waals surface area contributed by atoms with Crippen molar-refractivity contribution < 1.29 is 4.79 Å². The van der Waals surface area contributed by atoms with Gasteiger partial charge in [-0.3, -0.25) is 9.59 Å². The van der Waals surface area contributed by atoms with E-state index < -0.39 is 0 Å². The van der Waals surface area contributed by atoms with Crippen LogP contribution in [0.4, 0.5) is 5.69 Å². The number of rotatable bonds is 4. The summed E-state index contributed by atoms with van der Waals surface area (Å²) in [7, 11) is 0. The van der Waals surface area contributed by atoms with Crippen molar-refractivity contribution in [2.75, 3.05) is 11.4 Å². The number of carbonyl (C=O) groups excluding carboxylic acids is 1. The van der Waals surface area contributed by atoms with Gasteiger partial charge in [-0.2, -0.15) is 5.10 Å². The third-order valence-electron chi connectivity index (χ3n) is 3.01. The van der Waals surface area contributed by atoms with E-state index in [-0.39, 0.29) is 17.2 Å². The van der Waals surface area contributed by atoms with Crippen molar-refractivity contribution in [1.29, 1.82) is 0 Å². The number of hydrogen-bond acceptors (Lipinski definition) is 3. The number of benzene rings is 1. The summed E-state index contributed by atoms with van der Waals surface area (Å²) in [5.74, 6) is -0.207. The van der Waals surface area contributed by atoms with Crippen LogP contribution in [-0.2, 0) is 6.54 Å². The van der Waals surface area contributed by atoms with E-state index in [1.54, 1.807) is 4.90 Å². The van der Waals surface area contributed by atoms with Crippen molar-refractivity contribution in [3.63, 3.8) is 0 Å². The van der Waals surface area contributed by atoms with Crippen LogP contribution in [0.5, 0.6) is 0 Å². The first kappa shape index (κ1) is 14.0. The average molecular weight is 271 g/mol. The molecule has 0 aliphatic carbocycles. The Hall–Kier alpha value is -2.43. The molecule has 0 bridgehead atoms. The predicted octanol–water partition coefficient (Wildman–Crippen LogP) is 1.93. The SMILES string of the molecule is CCN(C(=O)c1ccc(=O)n(CC)n1)c1ccccc1. The number of nitrogens with zero attached hydrogens (tertiary/aromatic N) is 3. The Morgan fingerprint density at radius 1 is 1.15 bits per heavy atom. The van der Waals surface area contributed by atoms with Crippen LogP contribution in [0.1, 0.15) is 24.3 Å². The molecule has 0 spiro atoms. The van der Waals surface area contributed by atoms with Gasteiger partial charge in [-0.15, -0.1) is 0 Å². The Bertz CT molecular complexity index is 650. The van der Waals surface area contributed by atoms with Crippen molar-refractivity contribution in [3.05, 3.63) is 58.5 Å². The standard InChI is InChI=1S/C15H17N3O2/c1-3-17(12-8-6-5-7-9-12)15(20)13-10-11-14(19)18(4-2)16-13/h5-11H,3-4H2,1-2H3. The molecule has 1 heterocycles. The van der Waals surface area contributed by atoms with Crippen molar-refractivity contribution in [3.8, 4) is 0 Å². The maximum absolute atomic E-state index is 12.5. The Labute approximate surface area is 117 Å². The monoisotopic (exact) mass is 271 g/mol. The van der Waals surface area contributed by atoms with E-state index in [1.807, 2.05) is 44.2 Å². The Kier molecular flexibility index (Phi) is 4.30. The van der Waals surface area contributed by atoms with Crippen LogP contribution in [0.3, 0.4) is 0 Å². The maximum atomic E-state index is 12.5. The van der Waals surface area contributed by atoms with Crippen LogP contribution < -0.4 is 10.5 Å². The highest BCUT2D eigenvalue weighted by molar-refractivity contribution is 6.04. The van der Waals surface area contributed by atoms with Crippen molar-refractivity contribution in [2.24, 2.45) is 0 Å². The van der Waals surface area contributed by atoms with Crippen molar-refractivity contribution in [2.45, 2.75) is 20.4 Å². The topological polar surface area (TPSA) is 55.2 Å². The summed E-state index contributed by atoms with van der Waals surface area (Å²) < 4.78 is 1.28. The summed E-state index contributed by atoms with van der Waals surface area (Å²) in [5.41, 5.74) is 0.889. The molecular weight excluding hydrogens is 254 g/mol. The third kappa shape index (κ3) is 2.77. The zero-order chi connectivity index (χ0) is 14.5. The number of aryl methyl sites for hydroxylation is 1. The lowest BCUT2D eigenvalue weighted by Crippen LogP contribution is -2.33. The van der Waals surface area contributed by atoms with Crippen LogP contribution >= 0.6 is 0 Å². The summed E-state index contributed by atoms with van der Waals surface area (Å²) >= 11 is 0. The molecule has 0 unspecified atom stereocenters. The van der Waals surface area contributed by atoms with E-state index in [0.29, 0.717) is 13.1 Å². The molecule has 20 heavy (non-hydrogen) atoms. The molecule has 0 aliphatic heterocycles. The molecule has 5 nitrogen and oxygen atoms in total. The molecule has 1 aromatic heterocycles. The van der Waals surface area contributed by atoms with Crippen LogP contribution in [0.25, 0.3) is 0 Å². The molecule has 0 atom stereocenters. The first-order valence-electron chi connectivity index (χ1n) is 6.62. The predicted molar refractivity (Wildman–Crippen MR) is 78.0 cm³/mol. The van der Waals surface area contributed by atoms with Gasteiger partial charge in [0.25, 0.3) is 11.5 Å². The van der Waals surface area contributed by atoms with Crippen molar-refractivity contribution in [1.82, 2.24) is 9.78 Å². The van der Waals surface area contributed by atoms with Gasteiger partial charge in [0.2, 0.25) is 0 Å². The summed E-state index contributed by atoms with van der Waals surface area (Å²) in [5, 5.41) is 4.10. The lowest BCUT2D eigenvalue weighted by molar-refractivity contribution is 0.0981. The van der Waals surface area contributed by atoms with Gasteiger partial charge in [-0.1, -0.05) is 18.2 Å². The molecule has 1 amide bonds. The number of carbonyl (C=O) groups is 1. The quantitative estimate of drug-likeness (QED) is 0.853. The van der Waals surface area contributed by atoms with Gasteiger partial charge < -0.3 is 4.90 Å². The van der Waals surface area contributed by atoms with Gasteiger partial charge in [0.1, 0.15) is 5.69 Å². The number of para-hydroxylation sites is 1. The summed E-state index contributed by atoms with van der Waals surface area (Å²) in [6.45, 7) is 4.70. The van der Waals surface area contributed by atoms with Crippen molar-refractivity contribution >= 4 is 11.6 Å². The number of anilines is 1. The van der Waals surface area contributed by atoms with Crippen LogP contribution in [-0.4, -0.2) is 22.2 Å². The zero-order valence-electron chi connectivity index (χ0n) is 11.6. The van der Waals surface area contributed by atoms with E-state index in [2.05, 4.69) is 5.10 Å². The van der Waals surface area contributed by atoms with Gasteiger partial charge in [0.15, 0.2) is 0 Å². The highest BCUT2D eigenvalue weighted by atomic mass is 16.2. The first-order valence-corrected chi connectivity index (χ1v) is 6.62. The molecule has 0 aliphatic rings. The average Bonchev–Trinajstić information content (AvgIpc) is 2.49. The lowest BCUT2D eigenvalue weighted by atomic mass is 10.2. The van der Waals surface area contributed by atoms with E-state index in [4.69, 9.17) is 0 Å². The zero-order valence-corrected chi connectivity index (χ0v) is 11.6. The van der Waals surface area contributed by atoms with E-state index in [9.17, 15) is 9.59 Å². The van der Waals surface area contributed by atoms with Crippen LogP contribution in [0, 0.1) is 0 Å². The maximum Gasteiger partial charge on any atom is 0.278 e. The fourth-order valence-corrected chi connectivity index (χ4v) is 1.98. The van der Waals surface area contributed by atoms with Gasteiger partial charge in [-0.25, -0.2) is 4.68 Å². The fraction of sp³-hybridized carbons (Fsp3) is 0.267. The number of hydrogen-bond donors (Lipinski definition) is 0. The first-order chi connectivity index (χ1) is 9.67. The smallest absolute Gasteiger partial charge is 0.278 e. The molecule has 0 radical (unpaired) electrons. The van der Waals surface area contributed by atoms with Gasteiger partial charge >= 0.3 is 0 Å². The lowest BCUT2D eigenvalue weighted by Gasteiger charge is -2.20. The van der Waals surface area contributed by atoms with Crippen LogP contribution in [0.15, 0.2) is 47.3 Å². The third-order valence-corrected chi connectivity index (χ3v) is 3.01. The van der Waals surface area contributed by atoms with E-state index in [1.165, 1.54) is 16.8 Å². The minimum atomic E-state index is -0.207. The summed E-state index contributed by atoms with van der Waals surface area (Å²) in [4.78, 5) is 25.6. The molecule has 0 N–H and O–H groups in total. The van der Waals surface area contributed by atoms with Gasteiger partial charge in [0, 0.05) is 24.8 Å². The van der Waals surface area contributed by atoms with E-state index >= 15 is 0 Å². The summed E-state index contributed by atoms with van der Waals surface area (Å²) in [6, 6.07) is 12.3. The minimum Gasteiger partial charge on any atom is -0.307 e. The molecule has 104 valence electrons. The minimum absolute atomic E-state index is 0.202.